The van der Waals surface area contributed by atoms with Gasteiger partial charge in [0.15, 0.2) is 11.6 Å². The van der Waals surface area contributed by atoms with Crippen molar-refractivity contribution in [2.24, 2.45) is 0 Å². The van der Waals surface area contributed by atoms with E-state index < -0.39 is 5.82 Å². The highest BCUT2D eigenvalue weighted by atomic mass is 79.9. The lowest BCUT2D eigenvalue weighted by Gasteiger charge is -2.09. The predicted octanol–water partition coefficient (Wildman–Crippen LogP) is 3.27. The first-order valence-electron chi connectivity index (χ1n) is 4.87. The van der Waals surface area contributed by atoms with Crippen molar-refractivity contribution in [1.29, 1.82) is 0 Å². The minimum Gasteiger partial charge on any atom is -0.454 e. The van der Waals surface area contributed by atoms with E-state index in [9.17, 15) is 4.39 Å². The second kappa shape index (κ2) is 5.25. The molecule has 2 aromatic rings. The Hall–Kier alpha value is -1.46. The number of halogens is 2. The van der Waals surface area contributed by atoms with Crippen molar-refractivity contribution in [1.82, 2.24) is 4.98 Å². The van der Waals surface area contributed by atoms with Gasteiger partial charge in [-0.05, 0) is 24.3 Å². The van der Waals surface area contributed by atoms with Gasteiger partial charge in [0.1, 0.15) is 5.75 Å². The van der Waals surface area contributed by atoms with Crippen molar-refractivity contribution >= 4 is 15.9 Å². The Morgan fingerprint density at radius 1 is 1.29 bits per heavy atom. The molecular formula is C12H9BrFNO2. The van der Waals surface area contributed by atoms with Crippen molar-refractivity contribution in [2.75, 3.05) is 0 Å². The molecule has 0 saturated carbocycles. The van der Waals surface area contributed by atoms with Crippen LogP contribution < -0.4 is 4.74 Å². The molecule has 1 heterocycles. The predicted molar refractivity (Wildman–Crippen MR) is 64.3 cm³/mol. The van der Waals surface area contributed by atoms with Crippen LogP contribution >= 0.6 is 15.9 Å². The molecule has 0 radical (unpaired) electrons. The van der Waals surface area contributed by atoms with E-state index in [1.165, 1.54) is 24.5 Å². The number of hydrogen-bond donors (Lipinski definition) is 1. The highest BCUT2D eigenvalue weighted by Crippen LogP contribution is 2.29. The van der Waals surface area contributed by atoms with E-state index in [-0.39, 0.29) is 12.4 Å². The topological polar surface area (TPSA) is 42.4 Å². The molecule has 0 aliphatic carbocycles. The lowest BCUT2D eigenvalue weighted by atomic mass is 10.2. The lowest BCUT2D eigenvalue weighted by molar-refractivity contribution is 0.275. The van der Waals surface area contributed by atoms with Gasteiger partial charge in [-0.15, -0.1) is 0 Å². The Morgan fingerprint density at radius 2 is 2.12 bits per heavy atom. The van der Waals surface area contributed by atoms with Crippen molar-refractivity contribution in [3.05, 3.63) is 52.5 Å². The Bertz CT molecular complexity index is 534. The maximum atomic E-state index is 13.5. The van der Waals surface area contributed by atoms with Crippen LogP contribution in [0.4, 0.5) is 4.39 Å². The van der Waals surface area contributed by atoms with Crippen LogP contribution in [0.1, 0.15) is 5.56 Å². The van der Waals surface area contributed by atoms with Gasteiger partial charge in [-0.2, -0.15) is 0 Å². The number of benzene rings is 1. The molecule has 0 fully saturated rings. The molecule has 0 amide bonds. The first-order valence-corrected chi connectivity index (χ1v) is 5.66. The lowest BCUT2D eigenvalue weighted by Crippen LogP contribution is -1.94. The average molecular weight is 298 g/mol. The zero-order valence-corrected chi connectivity index (χ0v) is 10.3. The third-order valence-electron chi connectivity index (χ3n) is 2.14. The van der Waals surface area contributed by atoms with Gasteiger partial charge in [0.05, 0.1) is 6.61 Å². The average Bonchev–Trinajstić information content (AvgIpc) is 2.34. The molecule has 0 saturated heterocycles. The van der Waals surface area contributed by atoms with Crippen molar-refractivity contribution in [3.63, 3.8) is 0 Å². The van der Waals surface area contributed by atoms with Crippen LogP contribution in [0.3, 0.4) is 0 Å². The quantitative estimate of drug-likeness (QED) is 0.945. The molecule has 3 nitrogen and oxygen atoms in total. The van der Waals surface area contributed by atoms with Crippen LogP contribution in [0.15, 0.2) is 41.1 Å². The first-order chi connectivity index (χ1) is 8.20. The zero-order chi connectivity index (χ0) is 12.3. The summed E-state index contributed by atoms with van der Waals surface area (Å²) >= 11 is 3.24. The number of nitrogens with zero attached hydrogens (tertiary/aromatic N) is 1. The molecule has 17 heavy (non-hydrogen) atoms. The van der Waals surface area contributed by atoms with Gasteiger partial charge in [0.2, 0.25) is 0 Å². The number of rotatable bonds is 3. The third kappa shape index (κ3) is 2.81. The van der Waals surface area contributed by atoms with Gasteiger partial charge < -0.3 is 9.84 Å². The van der Waals surface area contributed by atoms with Crippen LogP contribution in [0.2, 0.25) is 0 Å². The molecule has 2 rings (SSSR count). The second-order valence-corrected chi connectivity index (χ2v) is 4.23. The summed E-state index contributed by atoms with van der Waals surface area (Å²) in [7, 11) is 0. The molecule has 0 aliphatic rings. The highest BCUT2D eigenvalue weighted by molar-refractivity contribution is 9.10. The SMILES string of the molecule is OCc1cnccc1Oc1cc(Br)ccc1F. The summed E-state index contributed by atoms with van der Waals surface area (Å²) in [6.45, 7) is -0.210. The standard InChI is InChI=1S/C12H9BrFNO2/c13-9-1-2-10(14)12(5-9)17-11-3-4-15-6-8(11)7-16/h1-6,16H,7H2. The molecule has 88 valence electrons. The maximum absolute atomic E-state index is 13.5. The normalized spacial score (nSPS) is 10.3. The summed E-state index contributed by atoms with van der Waals surface area (Å²) in [5.41, 5.74) is 0.506. The second-order valence-electron chi connectivity index (χ2n) is 3.32. The molecule has 5 heteroatoms. The Labute approximate surface area is 106 Å². The summed E-state index contributed by atoms with van der Waals surface area (Å²) in [6.07, 6.45) is 3.00. The van der Waals surface area contributed by atoms with Crippen molar-refractivity contribution in [3.8, 4) is 11.5 Å². The molecule has 0 aliphatic heterocycles. The Balaban J connectivity index is 2.34. The van der Waals surface area contributed by atoms with Gasteiger partial charge in [-0.1, -0.05) is 15.9 Å². The molecule has 1 N–H and O–H groups in total. The van der Waals surface area contributed by atoms with E-state index in [0.29, 0.717) is 15.8 Å². The number of pyridine rings is 1. The fraction of sp³-hybridized carbons (Fsp3) is 0.0833. The van der Waals surface area contributed by atoms with Crippen molar-refractivity contribution in [2.45, 2.75) is 6.61 Å². The van der Waals surface area contributed by atoms with Crippen LogP contribution in [0.25, 0.3) is 0 Å². The van der Waals surface area contributed by atoms with E-state index in [2.05, 4.69) is 20.9 Å². The van der Waals surface area contributed by atoms with E-state index in [1.54, 1.807) is 12.1 Å². The van der Waals surface area contributed by atoms with Crippen LogP contribution in [-0.2, 0) is 6.61 Å². The summed E-state index contributed by atoms with van der Waals surface area (Å²) in [5.74, 6) is 0.0219. The summed E-state index contributed by atoms with van der Waals surface area (Å²) in [5, 5.41) is 9.10. The van der Waals surface area contributed by atoms with Crippen LogP contribution in [0.5, 0.6) is 11.5 Å². The summed E-state index contributed by atoms with van der Waals surface area (Å²) < 4.78 is 19.6. The van der Waals surface area contributed by atoms with Crippen LogP contribution in [0, 0.1) is 5.82 Å². The monoisotopic (exact) mass is 297 g/mol. The first kappa shape index (κ1) is 12.0. The Kier molecular flexibility index (Phi) is 3.71. The minimum atomic E-state index is -0.464. The number of aliphatic hydroxyl groups is 1. The fourth-order valence-corrected chi connectivity index (χ4v) is 1.65. The van der Waals surface area contributed by atoms with Gasteiger partial charge in [0, 0.05) is 22.4 Å². The fourth-order valence-electron chi connectivity index (χ4n) is 1.31. The van der Waals surface area contributed by atoms with E-state index >= 15 is 0 Å². The van der Waals surface area contributed by atoms with Crippen molar-refractivity contribution < 1.29 is 14.2 Å². The third-order valence-corrected chi connectivity index (χ3v) is 2.64. The van der Waals surface area contributed by atoms with Gasteiger partial charge in [-0.25, -0.2) is 4.39 Å². The molecule has 0 unspecified atom stereocenters. The summed E-state index contributed by atoms with van der Waals surface area (Å²) in [6, 6.07) is 5.99. The van der Waals surface area contributed by atoms with E-state index in [0.717, 1.165) is 0 Å². The van der Waals surface area contributed by atoms with Crippen LogP contribution in [-0.4, -0.2) is 10.1 Å². The van der Waals surface area contributed by atoms with Gasteiger partial charge >= 0.3 is 0 Å². The number of ether oxygens (including phenoxy) is 1. The molecular weight excluding hydrogens is 289 g/mol. The smallest absolute Gasteiger partial charge is 0.165 e. The Morgan fingerprint density at radius 3 is 2.88 bits per heavy atom. The minimum absolute atomic E-state index is 0.0975. The zero-order valence-electron chi connectivity index (χ0n) is 8.73. The molecule has 0 spiro atoms. The largest absolute Gasteiger partial charge is 0.454 e. The van der Waals surface area contributed by atoms with Gasteiger partial charge in [0.25, 0.3) is 0 Å². The molecule has 1 aromatic heterocycles. The number of aliphatic hydroxyl groups excluding tert-OH is 1. The highest BCUT2D eigenvalue weighted by Gasteiger charge is 2.08. The molecule has 0 bridgehead atoms. The maximum Gasteiger partial charge on any atom is 0.165 e. The number of hydrogen-bond acceptors (Lipinski definition) is 3. The van der Waals surface area contributed by atoms with Gasteiger partial charge in [-0.3, -0.25) is 4.98 Å². The molecule has 1 aromatic carbocycles. The molecule has 0 atom stereocenters. The van der Waals surface area contributed by atoms with E-state index in [1.807, 2.05) is 0 Å². The van der Waals surface area contributed by atoms with E-state index in [4.69, 9.17) is 9.84 Å². The summed E-state index contributed by atoms with van der Waals surface area (Å²) in [4.78, 5) is 3.85. The number of aromatic nitrogens is 1.